The molecule has 0 amide bonds. The second-order valence-corrected chi connectivity index (χ2v) is 15.7. The van der Waals surface area contributed by atoms with Crippen LogP contribution in [-0.2, 0) is 0 Å². The smallest absolute Gasteiger partial charge is 0.173 e. The maximum absolute atomic E-state index is 11.8. The van der Waals surface area contributed by atoms with Crippen LogP contribution in [0.25, 0.3) is 116 Å². The molecule has 0 unspecified atom stereocenters. The Kier molecular flexibility index (Phi) is 7.76. The molecular formula is C51H29BN4O9. The van der Waals surface area contributed by atoms with Gasteiger partial charge in [0.05, 0.1) is 22.2 Å². The molecule has 2 radical (unpaired) electrons. The lowest BCUT2D eigenvalue weighted by Crippen LogP contribution is -2.05. The zero-order valence-corrected chi connectivity index (χ0v) is 33.5. The third-order valence-electron chi connectivity index (χ3n) is 12.3. The fourth-order valence-corrected chi connectivity index (χ4v) is 9.42. The zero-order chi connectivity index (χ0) is 44.6. The van der Waals surface area contributed by atoms with Gasteiger partial charge in [-0.3, -0.25) is 0 Å². The van der Waals surface area contributed by atoms with Crippen LogP contribution in [0.2, 0.25) is 0 Å². The number of fused-ring (bicyclic) bond motifs is 6. The Balaban J connectivity index is 1.20. The first kappa shape index (κ1) is 37.6. The summed E-state index contributed by atoms with van der Waals surface area (Å²) in [5.74, 6) is -9.40. The van der Waals surface area contributed by atoms with Gasteiger partial charge in [0.15, 0.2) is 63.5 Å². The maximum atomic E-state index is 11.8. The van der Waals surface area contributed by atoms with Crippen LogP contribution < -0.4 is 5.46 Å². The van der Waals surface area contributed by atoms with E-state index in [4.69, 9.17) is 27.2 Å². The molecule has 310 valence electrons. The van der Waals surface area contributed by atoms with Crippen molar-refractivity contribution < 1.29 is 45.3 Å². The van der Waals surface area contributed by atoms with Gasteiger partial charge in [-0.2, -0.15) is 0 Å². The second kappa shape index (κ2) is 13.4. The molecule has 0 aliphatic rings. The molecular weight excluding hydrogens is 823 g/mol. The molecule has 0 aliphatic carbocycles. The van der Waals surface area contributed by atoms with Crippen molar-refractivity contribution in [2.45, 2.75) is 0 Å². The largest absolute Gasteiger partial charge is 0.505 e. The number of para-hydroxylation sites is 2. The Hall–Kier alpha value is -9.17. The van der Waals surface area contributed by atoms with Crippen molar-refractivity contribution in [3.05, 3.63) is 127 Å². The minimum atomic E-state index is -1.19. The number of nitrogens with zero attached hydrogens (tertiary/aromatic N) is 4. The van der Waals surface area contributed by atoms with E-state index in [1.54, 1.807) is 18.2 Å². The highest BCUT2D eigenvalue weighted by atomic mass is 16.3. The van der Waals surface area contributed by atoms with Gasteiger partial charge in [0.25, 0.3) is 0 Å². The molecule has 0 bridgehead atoms. The first-order valence-electron chi connectivity index (χ1n) is 20.2. The summed E-state index contributed by atoms with van der Waals surface area (Å²) in [7, 11) is 5.61. The van der Waals surface area contributed by atoms with E-state index in [1.807, 2.05) is 91.0 Å². The van der Waals surface area contributed by atoms with Crippen LogP contribution in [0.1, 0.15) is 0 Å². The van der Waals surface area contributed by atoms with E-state index in [0.717, 1.165) is 54.4 Å². The number of aromatic hydroxyl groups is 8. The Bertz CT molecular complexity index is 3960. The zero-order valence-electron chi connectivity index (χ0n) is 33.5. The molecule has 12 aromatic rings. The highest BCUT2D eigenvalue weighted by Crippen LogP contribution is 2.60. The molecule has 9 aromatic carbocycles. The highest BCUT2D eigenvalue weighted by Gasteiger charge is 2.34. The molecule has 8 N–H and O–H groups in total. The Morgan fingerprint density at radius 3 is 1.55 bits per heavy atom. The quantitative estimate of drug-likeness (QED) is 0.0351. The maximum Gasteiger partial charge on any atom is 0.173 e. The SMILES string of the molecule is [B]c1c(O)c(O)c(-c2c(O)c(O)c(-c3nc(-c4cccc5oc6ccccc6c45)nc(-c4ccc5c6c4c4ccccc4c4cccc(c46)n5-c4ccccc4)n3)c(O)c2O)c(O)c1O. The molecule has 0 atom stereocenters. The van der Waals surface area contributed by atoms with Gasteiger partial charge in [-0.05, 0) is 64.1 Å². The van der Waals surface area contributed by atoms with Gasteiger partial charge in [-0.1, -0.05) is 84.9 Å². The molecule has 13 nitrogen and oxygen atoms in total. The Labute approximate surface area is 366 Å². The lowest BCUT2D eigenvalue weighted by atomic mass is 9.88. The number of benzene rings is 9. The summed E-state index contributed by atoms with van der Waals surface area (Å²) < 4.78 is 8.43. The van der Waals surface area contributed by atoms with Crippen molar-refractivity contribution in [2.24, 2.45) is 0 Å². The van der Waals surface area contributed by atoms with Crippen molar-refractivity contribution in [1.29, 1.82) is 0 Å². The van der Waals surface area contributed by atoms with Crippen LogP contribution in [0.15, 0.2) is 132 Å². The van der Waals surface area contributed by atoms with Gasteiger partial charge in [0, 0.05) is 43.7 Å². The summed E-state index contributed by atoms with van der Waals surface area (Å²) in [6.45, 7) is 0. The lowest BCUT2D eigenvalue weighted by molar-refractivity contribution is 0.369. The van der Waals surface area contributed by atoms with Crippen molar-refractivity contribution in [3.63, 3.8) is 0 Å². The molecule has 0 aliphatic heterocycles. The fourth-order valence-electron chi connectivity index (χ4n) is 9.42. The van der Waals surface area contributed by atoms with Crippen molar-refractivity contribution in [1.82, 2.24) is 19.5 Å². The van der Waals surface area contributed by atoms with E-state index in [9.17, 15) is 40.9 Å². The topological polar surface area (TPSA) is 219 Å². The van der Waals surface area contributed by atoms with Crippen molar-refractivity contribution in [2.75, 3.05) is 0 Å². The number of phenolic OH excluding ortho intramolecular Hbond substituents is 8. The van der Waals surface area contributed by atoms with Gasteiger partial charge in [0.1, 0.15) is 24.6 Å². The van der Waals surface area contributed by atoms with Gasteiger partial charge < -0.3 is 49.8 Å². The summed E-state index contributed by atoms with van der Waals surface area (Å²) in [5.41, 5.74) is 1.66. The number of aromatic nitrogens is 4. The van der Waals surface area contributed by atoms with Crippen molar-refractivity contribution >= 4 is 78.6 Å². The number of furan rings is 1. The molecule has 65 heavy (non-hydrogen) atoms. The van der Waals surface area contributed by atoms with E-state index in [1.165, 1.54) is 0 Å². The van der Waals surface area contributed by atoms with Gasteiger partial charge in [-0.15, -0.1) is 0 Å². The van der Waals surface area contributed by atoms with Crippen LogP contribution in [0, 0.1) is 0 Å². The number of rotatable bonds is 5. The number of hydrogen-bond donors (Lipinski definition) is 8. The van der Waals surface area contributed by atoms with Crippen LogP contribution in [0.5, 0.6) is 46.0 Å². The van der Waals surface area contributed by atoms with Crippen LogP contribution in [0.4, 0.5) is 0 Å². The van der Waals surface area contributed by atoms with E-state index in [-0.39, 0.29) is 11.6 Å². The van der Waals surface area contributed by atoms with E-state index < -0.39 is 74.0 Å². The van der Waals surface area contributed by atoms with Gasteiger partial charge >= 0.3 is 0 Å². The van der Waals surface area contributed by atoms with Crippen LogP contribution in [-0.4, -0.2) is 68.2 Å². The normalized spacial score (nSPS) is 11.9. The molecule has 0 saturated heterocycles. The molecule has 0 fully saturated rings. The minimum absolute atomic E-state index is 0.0662. The van der Waals surface area contributed by atoms with Gasteiger partial charge in [0.2, 0.25) is 0 Å². The molecule has 0 saturated carbocycles. The number of phenols is 8. The third-order valence-corrected chi connectivity index (χ3v) is 12.3. The monoisotopic (exact) mass is 852 g/mol. The predicted octanol–water partition coefficient (Wildman–Crippen LogP) is 9.72. The second-order valence-electron chi connectivity index (χ2n) is 15.7. The molecule has 14 heteroatoms. The average molecular weight is 853 g/mol. The first-order chi connectivity index (χ1) is 31.5. The van der Waals surface area contributed by atoms with E-state index in [2.05, 4.69) is 22.8 Å². The van der Waals surface area contributed by atoms with Gasteiger partial charge in [-0.25, -0.2) is 15.0 Å². The first-order valence-corrected chi connectivity index (χ1v) is 20.2. The Morgan fingerprint density at radius 1 is 0.369 bits per heavy atom. The molecule has 3 heterocycles. The van der Waals surface area contributed by atoms with Crippen molar-refractivity contribution in [3.8, 4) is 97.0 Å². The third kappa shape index (κ3) is 5.07. The fraction of sp³-hybridized carbons (Fsp3) is 0. The average Bonchev–Trinajstić information content (AvgIpc) is 3.89. The minimum Gasteiger partial charge on any atom is -0.505 e. The van der Waals surface area contributed by atoms with Crippen LogP contribution >= 0.6 is 0 Å². The molecule has 12 rings (SSSR count). The van der Waals surface area contributed by atoms with E-state index in [0.29, 0.717) is 27.7 Å². The summed E-state index contributed by atoms with van der Waals surface area (Å²) in [6.07, 6.45) is 0. The lowest BCUT2D eigenvalue weighted by Gasteiger charge is -2.19. The summed E-state index contributed by atoms with van der Waals surface area (Å²) in [4.78, 5) is 14.8. The van der Waals surface area contributed by atoms with Crippen LogP contribution in [0.3, 0.4) is 0 Å². The summed E-state index contributed by atoms with van der Waals surface area (Å²) >= 11 is 0. The highest BCUT2D eigenvalue weighted by molar-refractivity contribution is 6.38. The number of hydrogen-bond acceptors (Lipinski definition) is 12. The Morgan fingerprint density at radius 2 is 0.862 bits per heavy atom. The summed E-state index contributed by atoms with van der Waals surface area (Å²) in [6, 6.07) is 41.0. The molecule has 3 aromatic heterocycles. The van der Waals surface area contributed by atoms with E-state index >= 15 is 0 Å². The summed E-state index contributed by atoms with van der Waals surface area (Å²) in [5, 5.41) is 96.4. The standard InChI is InChI=1S/C51H29BN4O9/c52-40-47(63)43(59)38(44(60)48(40)64)37-41(57)45(61)39(46(62)42(37)58)51-54-49(27-16-9-19-32-33(27)26-14-6-7-18-31(26)65-32)53-50(55-51)28-20-21-30-36-34(28)24-13-5-4-12-23(24)25-15-8-17-29(35(25)36)56(30)22-10-2-1-3-11-22/h1-21,57-64H. The predicted molar refractivity (Wildman–Crippen MR) is 248 cm³/mol. The molecule has 0 spiro atoms.